The predicted octanol–water partition coefficient (Wildman–Crippen LogP) is 3.92. The van der Waals surface area contributed by atoms with Crippen LogP contribution in [0.4, 0.5) is 17.6 Å². The fourth-order valence-electron chi connectivity index (χ4n) is 2.24. The molecule has 0 amide bonds. The van der Waals surface area contributed by atoms with E-state index in [0.29, 0.717) is 5.52 Å². The molecule has 2 nitrogen and oxygen atoms in total. The monoisotopic (exact) mass is 258 g/mol. The normalized spacial score (nSPS) is 17.1. The number of hydrogen-bond acceptors (Lipinski definition) is 1. The van der Waals surface area contributed by atoms with Crippen LogP contribution in [0.1, 0.15) is 30.9 Å². The Kier molecular flexibility index (Phi) is 2.36. The third-order valence-corrected chi connectivity index (χ3v) is 3.46. The summed E-state index contributed by atoms with van der Waals surface area (Å²) in [4.78, 5) is 3.78. The van der Waals surface area contributed by atoms with E-state index < -0.39 is 17.6 Å². The lowest BCUT2D eigenvalue weighted by Crippen LogP contribution is -2.16. The summed E-state index contributed by atoms with van der Waals surface area (Å²) in [7, 11) is 0. The summed E-state index contributed by atoms with van der Waals surface area (Å²) in [5, 5.41) is 0. The highest BCUT2D eigenvalue weighted by molar-refractivity contribution is 5.77. The molecule has 1 saturated carbocycles. The van der Waals surface area contributed by atoms with E-state index in [4.69, 9.17) is 0 Å². The molecule has 1 aromatic carbocycles. The summed E-state index contributed by atoms with van der Waals surface area (Å²) in [6, 6.07) is 2.33. The van der Waals surface area contributed by atoms with Crippen LogP contribution in [0.15, 0.2) is 18.5 Å². The van der Waals surface area contributed by atoms with Crippen molar-refractivity contribution in [2.45, 2.75) is 31.5 Å². The van der Waals surface area contributed by atoms with Crippen molar-refractivity contribution in [2.24, 2.45) is 0 Å². The Labute approximate surface area is 100 Å². The van der Waals surface area contributed by atoms with Crippen molar-refractivity contribution >= 4 is 11.0 Å². The Balaban J connectivity index is 2.16. The number of aromatic nitrogens is 2. The highest BCUT2D eigenvalue weighted by Crippen LogP contribution is 2.37. The van der Waals surface area contributed by atoms with Crippen LogP contribution in [0.25, 0.3) is 11.0 Å². The van der Waals surface area contributed by atoms with Gasteiger partial charge in [-0.05, 0) is 31.4 Å². The van der Waals surface area contributed by atoms with Gasteiger partial charge in [0.25, 0.3) is 0 Å². The van der Waals surface area contributed by atoms with E-state index in [1.165, 1.54) is 12.4 Å². The van der Waals surface area contributed by atoms with Crippen molar-refractivity contribution < 1.29 is 17.6 Å². The molecule has 0 unspecified atom stereocenters. The Bertz CT molecular complexity index is 596. The molecule has 18 heavy (non-hydrogen) atoms. The molecule has 3 rings (SSSR count). The van der Waals surface area contributed by atoms with Crippen LogP contribution in [0.2, 0.25) is 0 Å². The first-order chi connectivity index (χ1) is 8.48. The fourth-order valence-corrected chi connectivity index (χ4v) is 2.24. The maximum Gasteiger partial charge on any atom is 0.419 e. The second-order valence-electron chi connectivity index (χ2n) is 4.53. The van der Waals surface area contributed by atoms with Crippen molar-refractivity contribution in [3.8, 4) is 0 Å². The van der Waals surface area contributed by atoms with Crippen LogP contribution in [0.3, 0.4) is 0 Å². The van der Waals surface area contributed by atoms with Gasteiger partial charge in [-0.1, -0.05) is 0 Å². The molecule has 0 N–H and O–H groups in total. The van der Waals surface area contributed by atoms with E-state index >= 15 is 0 Å². The van der Waals surface area contributed by atoms with Crippen molar-refractivity contribution in [2.75, 3.05) is 0 Å². The Hall–Kier alpha value is -1.59. The van der Waals surface area contributed by atoms with Crippen molar-refractivity contribution in [3.05, 3.63) is 29.8 Å². The van der Waals surface area contributed by atoms with Crippen molar-refractivity contribution in [1.82, 2.24) is 9.55 Å². The van der Waals surface area contributed by atoms with Crippen molar-refractivity contribution in [1.29, 1.82) is 0 Å². The topological polar surface area (TPSA) is 17.8 Å². The highest BCUT2D eigenvalue weighted by Gasteiger charge is 2.35. The van der Waals surface area contributed by atoms with Gasteiger partial charge in [-0.3, -0.25) is 0 Å². The largest absolute Gasteiger partial charge is 0.419 e. The zero-order chi connectivity index (χ0) is 12.9. The van der Waals surface area contributed by atoms with Gasteiger partial charge < -0.3 is 4.57 Å². The molecule has 1 fully saturated rings. The maximum absolute atomic E-state index is 13.8. The zero-order valence-corrected chi connectivity index (χ0v) is 9.34. The van der Waals surface area contributed by atoms with E-state index in [1.54, 1.807) is 4.57 Å². The lowest BCUT2D eigenvalue weighted by Gasteiger charge is -2.27. The molecular formula is C12H10F4N2. The minimum Gasteiger partial charge on any atom is -0.327 e. The summed E-state index contributed by atoms with van der Waals surface area (Å²) < 4.78 is 53.2. The summed E-state index contributed by atoms with van der Waals surface area (Å²) in [6.07, 6.45) is -0.230. The lowest BCUT2D eigenvalue weighted by atomic mass is 9.93. The van der Waals surface area contributed by atoms with Gasteiger partial charge in [0, 0.05) is 6.04 Å². The number of benzene rings is 1. The Morgan fingerprint density at radius 1 is 1.22 bits per heavy atom. The fraction of sp³-hybridized carbons (Fsp3) is 0.417. The van der Waals surface area contributed by atoms with Crippen LogP contribution in [0, 0.1) is 5.82 Å². The summed E-state index contributed by atoms with van der Waals surface area (Å²) in [5.74, 6) is -1.28. The zero-order valence-electron chi connectivity index (χ0n) is 9.34. The standard InChI is InChI=1S/C12H10F4N2/c13-10-8(12(14,15)16)4-5-9-11(10)17-6-18(9)7-2-1-3-7/h4-7H,1-3H2. The average Bonchev–Trinajstić information content (AvgIpc) is 2.59. The molecule has 1 heterocycles. The number of imidazole rings is 1. The maximum atomic E-state index is 13.8. The summed E-state index contributed by atoms with van der Waals surface area (Å²) >= 11 is 0. The predicted molar refractivity (Wildman–Crippen MR) is 57.6 cm³/mol. The minimum atomic E-state index is -4.68. The second-order valence-corrected chi connectivity index (χ2v) is 4.53. The van der Waals surface area contributed by atoms with E-state index in [9.17, 15) is 17.6 Å². The first kappa shape index (κ1) is 11.5. The van der Waals surface area contributed by atoms with Crippen LogP contribution in [-0.2, 0) is 6.18 Å². The van der Waals surface area contributed by atoms with Crippen LogP contribution >= 0.6 is 0 Å². The third-order valence-electron chi connectivity index (χ3n) is 3.46. The molecule has 0 radical (unpaired) electrons. The van der Waals surface area contributed by atoms with E-state index in [2.05, 4.69) is 4.98 Å². The molecular weight excluding hydrogens is 248 g/mol. The van der Waals surface area contributed by atoms with Crippen LogP contribution < -0.4 is 0 Å². The number of alkyl halides is 3. The molecule has 2 aromatic rings. The van der Waals surface area contributed by atoms with Gasteiger partial charge in [0.05, 0.1) is 17.4 Å². The molecule has 0 bridgehead atoms. The third kappa shape index (κ3) is 1.59. The van der Waals surface area contributed by atoms with E-state index in [0.717, 1.165) is 25.3 Å². The van der Waals surface area contributed by atoms with Gasteiger partial charge in [0.1, 0.15) is 5.52 Å². The van der Waals surface area contributed by atoms with Gasteiger partial charge in [-0.2, -0.15) is 13.2 Å². The van der Waals surface area contributed by atoms with Gasteiger partial charge in [0.15, 0.2) is 5.82 Å². The van der Waals surface area contributed by atoms with Gasteiger partial charge in [-0.15, -0.1) is 0 Å². The Morgan fingerprint density at radius 2 is 1.94 bits per heavy atom. The SMILES string of the molecule is Fc1c(C(F)(F)F)ccc2c1ncn2C1CCC1. The quantitative estimate of drug-likeness (QED) is 0.709. The van der Waals surface area contributed by atoms with Crippen LogP contribution in [-0.4, -0.2) is 9.55 Å². The molecule has 0 aliphatic heterocycles. The van der Waals surface area contributed by atoms with E-state index in [-0.39, 0.29) is 11.6 Å². The highest BCUT2D eigenvalue weighted by atomic mass is 19.4. The lowest BCUT2D eigenvalue weighted by molar-refractivity contribution is -0.139. The molecule has 1 aliphatic rings. The number of halogens is 4. The van der Waals surface area contributed by atoms with Crippen LogP contribution in [0.5, 0.6) is 0 Å². The molecule has 0 atom stereocenters. The van der Waals surface area contributed by atoms with Gasteiger partial charge >= 0.3 is 6.18 Å². The smallest absolute Gasteiger partial charge is 0.327 e. The number of rotatable bonds is 1. The molecule has 1 aromatic heterocycles. The number of fused-ring (bicyclic) bond motifs is 1. The molecule has 1 aliphatic carbocycles. The second kappa shape index (κ2) is 3.70. The average molecular weight is 258 g/mol. The van der Waals surface area contributed by atoms with E-state index in [1.807, 2.05) is 0 Å². The summed E-state index contributed by atoms with van der Waals surface area (Å²) in [5.41, 5.74) is -1.02. The number of hydrogen-bond donors (Lipinski definition) is 0. The number of nitrogens with zero attached hydrogens (tertiary/aromatic N) is 2. The van der Waals surface area contributed by atoms with Gasteiger partial charge in [-0.25, -0.2) is 9.37 Å². The summed E-state index contributed by atoms with van der Waals surface area (Å²) in [6.45, 7) is 0. The molecule has 6 heteroatoms. The minimum absolute atomic E-state index is 0.197. The Morgan fingerprint density at radius 3 is 2.50 bits per heavy atom. The first-order valence-corrected chi connectivity index (χ1v) is 5.70. The molecule has 96 valence electrons. The molecule has 0 saturated heterocycles. The van der Waals surface area contributed by atoms with Gasteiger partial charge in [0.2, 0.25) is 0 Å². The van der Waals surface area contributed by atoms with Crippen molar-refractivity contribution in [3.63, 3.8) is 0 Å². The molecule has 0 spiro atoms. The first-order valence-electron chi connectivity index (χ1n) is 5.70.